The van der Waals surface area contributed by atoms with Gasteiger partial charge in [0, 0.05) is 11.8 Å². The van der Waals surface area contributed by atoms with Crippen LogP contribution < -0.4 is 5.32 Å². The Kier molecular flexibility index (Phi) is 3.10. The Balaban J connectivity index is 1.65. The minimum atomic E-state index is 0.504. The molecule has 0 spiro atoms. The van der Waals surface area contributed by atoms with Gasteiger partial charge in [0.15, 0.2) is 5.82 Å². The molecule has 1 unspecified atom stereocenters. The van der Waals surface area contributed by atoms with Crippen LogP contribution in [0.1, 0.15) is 37.5 Å². The van der Waals surface area contributed by atoms with Crippen molar-refractivity contribution in [3.8, 4) is 0 Å². The van der Waals surface area contributed by atoms with Crippen molar-refractivity contribution in [2.75, 3.05) is 11.5 Å². The second kappa shape index (κ2) is 4.71. The Morgan fingerprint density at radius 1 is 1.38 bits per heavy atom. The lowest BCUT2D eigenvalue weighted by molar-refractivity contribution is 0.422. The predicted molar refractivity (Wildman–Crippen MR) is 63.3 cm³/mol. The van der Waals surface area contributed by atoms with E-state index in [0.717, 1.165) is 18.1 Å². The first-order valence-corrected chi connectivity index (χ1v) is 7.17. The molecule has 1 aromatic rings. The minimum Gasteiger partial charge on any atom is -0.307 e. The zero-order valence-corrected chi connectivity index (χ0v) is 10.1. The van der Waals surface area contributed by atoms with Crippen LogP contribution in [0.25, 0.3) is 0 Å². The lowest BCUT2D eigenvalue weighted by Crippen LogP contribution is -2.24. The lowest BCUT2D eigenvalue weighted by atomic mass is 10.2. The van der Waals surface area contributed by atoms with Crippen LogP contribution in [-0.4, -0.2) is 37.8 Å². The van der Waals surface area contributed by atoms with Crippen molar-refractivity contribution in [3.63, 3.8) is 0 Å². The van der Waals surface area contributed by atoms with Gasteiger partial charge in [-0.05, 0) is 41.9 Å². The van der Waals surface area contributed by atoms with E-state index in [1.54, 1.807) is 0 Å². The van der Waals surface area contributed by atoms with E-state index in [0.29, 0.717) is 12.1 Å². The molecular formula is C10H17N5S. The molecule has 6 heteroatoms. The van der Waals surface area contributed by atoms with Gasteiger partial charge in [-0.1, -0.05) is 0 Å². The number of thioether (sulfide) groups is 1. The Bertz CT molecular complexity index is 343. The maximum atomic E-state index is 4.14. The zero-order chi connectivity index (χ0) is 10.8. The maximum absolute atomic E-state index is 4.14. The summed E-state index contributed by atoms with van der Waals surface area (Å²) in [5.41, 5.74) is 0. The second-order valence-corrected chi connectivity index (χ2v) is 5.72. The second-order valence-electron chi connectivity index (χ2n) is 4.57. The Hall–Kier alpha value is -0.620. The lowest BCUT2D eigenvalue weighted by Gasteiger charge is -2.22. The summed E-state index contributed by atoms with van der Waals surface area (Å²) in [5, 5.41) is 15.5. The van der Waals surface area contributed by atoms with Gasteiger partial charge in [0.25, 0.3) is 0 Å². The summed E-state index contributed by atoms with van der Waals surface area (Å²) in [7, 11) is 0. The zero-order valence-electron chi connectivity index (χ0n) is 9.30. The van der Waals surface area contributed by atoms with Crippen molar-refractivity contribution >= 4 is 11.8 Å². The first-order chi connectivity index (χ1) is 7.93. The third-order valence-corrected chi connectivity index (χ3v) is 4.37. The Labute approximate surface area is 99.4 Å². The van der Waals surface area contributed by atoms with Crippen molar-refractivity contribution in [2.24, 2.45) is 0 Å². The van der Waals surface area contributed by atoms with Gasteiger partial charge >= 0.3 is 0 Å². The molecule has 3 rings (SSSR count). The van der Waals surface area contributed by atoms with Gasteiger partial charge in [0.2, 0.25) is 0 Å². The molecule has 0 bridgehead atoms. The van der Waals surface area contributed by atoms with E-state index in [1.807, 2.05) is 16.4 Å². The van der Waals surface area contributed by atoms with Gasteiger partial charge in [-0.3, -0.25) is 0 Å². The van der Waals surface area contributed by atoms with E-state index >= 15 is 0 Å². The highest BCUT2D eigenvalue weighted by Gasteiger charge is 2.23. The summed E-state index contributed by atoms with van der Waals surface area (Å²) in [5.74, 6) is 3.44. The van der Waals surface area contributed by atoms with Gasteiger partial charge in [0.1, 0.15) is 0 Å². The first-order valence-electron chi connectivity index (χ1n) is 6.01. The molecule has 1 aliphatic heterocycles. The third kappa shape index (κ3) is 2.38. The largest absolute Gasteiger partial charge is 0.307 e. The fraction of sp³-hybridized carbons (Fsp3) is 0.900. The van der Waals surface area contributed by atoms with E-state index in [2.05, 4.69) is 20.8 Å². The smallest absolute Gasteiger partial charge is 0.165 e. The monoisotopic (exact) mass is 239 g/mol. The normalized spacial score (nSPS) is 25.9. The van der Waals surface area contributed by atoms with Gasteiger partial charge in [-0.15, -0.1) is 5.10 Å². The van der Waals surface area contributed by atoms with E-state index in [1.165, 1.54) is 31.4 Å². The molecule has 1 saturated carbocycles. The van der Waals surface area contributed by atoms with Crippen molar-refractivity contribution in [1.29, 1.82) is 0 Å². The highest BCUT2D eigenvalue weighted by atomic mass is 32.2. The van der Waals surface area contributed by atoms with E-state index in [4.69, 9.17) is 0 Å². The van der Waals surface area contributed by atoms with E-state index < -0.39 is 0 Å². The molecule has 2 fully saturated rings. The summed E-state index contributed by atoms with van der Waals surface area (Å²) < 4.78 is 2.03. The summed E-state index contributed by atoms with van der Waals surface area (Å²) in [6, 6.07) is 1.22. The molecule has 0 amide bonds. The van der Waals surface area contributed by atoms with E-state index in [9.17, 15) is 0 Å². The number of nitrogens with zero attached hydrogens (tertiary/aromatic N) is 4. The standard InChI is InChI=1S/C10H17N5S/c1-2-9(7-16-5-1)15-10(12-13-14-15)6-11-8-3-4-8/h8-9,11H,1-7H2. The SMILES string of the molecule is C1CSCC(n2nnnc2CNC2CC2)C1. The Morgan fingerprint density at radius 2 is 2.31 bits per heavy atom. The third-order valence-electron chi connectivity index (χ3n) is 3.17. The molecule has 1 atom stereocenters. The van der Waals surface area contributed by atoms with Crippen LogP contribution in [0.2, 0.25) is 0 Å². The van der Waals surface area contributed by atoms with Gasteiger partial charge in [-0.2, -0.15) is 11.8 Å². The average Bonchev–Trinajstić information content (AvgIpc) is 3.05. The van der Waals surface area contributed by atoms with Crippen LogP contribution in [0.4, 0.5) is 0 Å². The fourth-order valence-corrected chi connectivity index (χ4v) is 3.17. The van der Waals surface area contributed by atoms with Crippen molar-refractivity contribution in [1.82, 2.24) is 25.5 Å². The summed E-state index contributed by atoms with van der Waals surface area (Å²) in [6.07, 6.45) is 5.11. The molecule has 1 aliphatic carbocycles. The van der Waals surface area contributed by atoms with Crippen molar-refractivity contribution in [3.05, 3.63) is 5.82 Å². The first kappa shape index (κ1) is 10.5. The van der Waals surface area contributed by atoms with Crippen LogP contribution in [0.15, 0.2) is 0 Å². The molecule has 1 saturated heterocycles. The van der Waals surface area contributed by atoms with Gasteiger partial charge in [-0.25, -0.2) is 4.68 Å². The molecule has 1 N–H and O–H groups in total. The van der Waals surface area contributed by atoms with Crippen LogP contribution in [0.3, 0.4) is 0 Å². The highest BCUT2D eigenvalue weighted by Crippen LogP contribution is 2.26. The van der Waals surface area contributed by atoms with Crippen molar-refractivity contribution < 1.29 is 0 Å². The number of hydrogen-bond acceptors (Lipinski definition) is 5. The number of rotatable bonds is 4. The molecular weight excluding hydrogens is 222 g/mol. The highest BCUT2D eigenvalue weighted by molar-refractivity contribution is 7.99. The van der Waals surface area contributed by atoms with Crippen molar-refractivity contribution in [2.45, 2.75) is 44.3 Å². The Morgan fingerprint density at radius 3 is 3.06 bits per heavy atom. The van der Waals surface area contributed by atoms with Gasteiger partial charge < -0.3 is 5.32 Å². The maximum Gasteiger partial charge on any atom is 0.165 e. The number of hydrogen-bond donors (Lipinski definition) is 1. The van der Waals surface area contributed by atoms with E-state index in [-0.39, 0.29) is 0 Å². The topological polar surface area (TPSA) is 55.6 Å². The molecule has 0 aromatic carbocycles. The fourth-order valence-electron chi connectivity index (χ4n) is 2.05. The molecule has 1 aromatic heterocycles. The minimum absolute atomic E-state index is 0.504. The molecule has 2 heterocycles. The molecule has 0 radical (unpaired) electrons. The quantitative estimate of drug-likeness (QED) is 0.849. The van der Waals surface area contributed by atoms with Crippen LogP contribution >= 0.6 is 11.8 Å². The molecule has 88 valence electrons. The molecule has 16 heavy (non-hydrogen) atoms. The predicted octanol–water partition coefficient (Wildman–Crippen LogP) is 0.993. The molecule has 2 aliphatic rings. The average molecular weight is 239 g/mol. The number of nitrogens with one attached hydrogen (secondary N) is 1. The van der Waals surface area contributed by atoms with Gasteiger partial charge in [0.05, 0.1) is 12.6 Å². The summed E-state index contributed by atoms with van der Waals surface area (Å²) in [4.78, 5) is 0. The number of aromatic nitrogens is 4. The van der Waals surface area contributed by atoms with Crippen LogP contribution in [0.5, 0.6) is 0 Å². The molecule has 5 nitrogen and oxygen atoms in total. The van der Waals surface area contributed by atoms with Crippen LogP contribution in [-0.2, 0) is 6.54 Å². The summed E-state index contributed by atoms with van der Waals surface area (Å²) in [6.45, 7) is 0.818. The van der Waals surface area contributed by atoms with Crippen LogP contribution in [0, 0.1) is 0 Å². The number of tetrazole rings is 1. The summed E-state index contributed by atoms with van der Waals surface area (Å²) >= 11 is 2.01.